The molecule has 0 atom stereocenters. The van der Waals surface area contributed by atoms with Gasteiger partial charge >= 0.3 is 5.97 Å². The minimum Gasteiger partial charge on any atom is -0.476 e. The normalized spacial score (nSPS) is 10.4. The molecule has 0 spiro atoms. The van der Waals surface area contributed by atoms with Gasteiger partial charge in [0.25, 0.3) is 0 Å². The van der Waals surface area contributed by atoms with Gasteiger partial charge in [0.1, 0.15) is 0 Å². The third kappa shape index (κ3) is 2.54. The van der Waals surface area contributed by atoms with Crippen LogP contribution in [0.1, 0.15) is 28.5 Å². The van der Waals surface area contributed by atoms with E-state index in [4.69, 9.17) is 5.11 Å². The molecule has 0 saturated carbocycles. The molecule has 5 nitrogen and oxygen atoms in total. The average molecular weight is 258 g/mol. The molecule has 2 rings (SSSR count). The number of carboxylic acids is 1. The molecule has 0 amide bonds. The van der Waals surface area contributed by atoms with Crippen LogP contribution in [0.2, 0.25) is 0 Å². The van der Waals surface area contributed by atoms with Crippen LogP contribution in [0.25, 0.3) is 5.69 Å². The third-order valence-corrected chi connectivity index (χ3v) is 2.91. The second-order valence-corrected chi connectivity index (χ2v) is 4.26. The van der Waals surface area contributed by atoms with Gasteiger partial charge in [-0.3, -0.25) is 4.79 Å². The minimum absolute atomic E-state index is 0.354. The number of nitrogens with zero attached hydrogens (tertiary/aromatic N) is 2. The highest BCUT2D eigenvalue weighted by Gasteiger charge is 2.14. The maximum absolute atomic E-state index is 11.6. The molecule has 0 aliphatic heterocycles. The molecule has 2 aromatic rings. The number of rotatable bonds is 3. The van der Waals surface area contributed by atoms with Gasteiger partial charge in [0.2, 0.25) is 11.1 Å². The fraction of sp³-hybridized carbons (Fsp3) is 0.214. The van der Waals surface area contributed by atoms with E-state index in [1.165, 1.54) is 16.4 Å². The van der Waals surface area contributed by atoms with Crippen LogP contribution in [0.3, 0.4) is 0 Å². The number of hydrogen-bond acceptors (Lipinski definition) is 3. The van der Waals surface area contributed by atoms with E-state index < -0.39 is 17.1 Å². The van der Waals surface area contributed by atoms with Crippen molar-refractivity contribution in [1.29, 1.82) is 0 Å². The van der Waals surface area contributed by atoms with Crippen molar-refractivity contribution < 1.29 is 9.90 Å². The quantitative estimate of drug-likeness (QED) is 0.911. The van der Waals surface area contributed by atoms with E-state index in [0.29, 0.717) is 5.56 Å². The molecule has 5 heteroatoms. The van der Waals surface area contributed by atoms with Crippen LogP contribution in [-0.4, -0.2) is 20.9 Å². The van der Waals surface area contributed by atoms with E-state index in [9.17, 15) is 9.59 Å². The highest BCUT2D eigenvalue weighted by molar-refractivity contribution is 5.85. The lowest BCUT2D eigenvalue weighted by atomic mass is 10.1. The highest BCUT2D eigenvalue weighted by Crippen LogP contribution is 2.09. The van der Waals surface area contributed by atoms with Gasteiger partial charge in [-0.25, -0.2) is 9.48 Å². The second kappa shape index (κ2) is 5.06. The summed E-state index contributed by atoms with van der Waals surface area (Å²) in [6, 6.07) is 7.60. The summed E-state index contributed by atoms with van der Waals surface area (Å²) in [5.41, 5.74) is 1.25. The Bertz CT molecular complexity index is 672. The lowest BCUT2D eigenvalue weighted by molar-refractivity contribution is 0.0686. The van der Waals surface area contributed by atoms with Gasteiger partial charge in [-0.1, -0.05) is 19.1 Å². The van der Waals surface area contributed by atoms with Crippen LogP contribution in [-0.2, 0) is 6.42 Å². The molecule has 19 heavy (non-hydrogen) atoms. The minimum atomic E-state index is -1.31. The van der Waals surface area contributed by atoms with E-state index in [-0.39, 0.29) is 0 Å². The maximum atomic E-state index is 11.6. The van der Waals surface area contributed by atoms with Crippen molar-refractivity contribution in [2.24, 2.45) is 0 Å². The number of aromatic carboxylic acids is 1. The number of aromatic nitrogens is 2. The molecule has 0 bridgehead atoms. The molecular formula is C14H14N2O3. The van der Waals surface area contributed by atoms with Crippen LogP contribution in [0.5, 0.6) is 0 Å². The van der Waals surface area contributed by atoms with Crippen molar-refractivity contribution >= 4 is 5.97 Å². The van der Waals surface area contributed by atoms with Gasteiger partial charge < -0.3 is 5.11 Å². The topological polar surface area (TPSA) is 72.2 Å². The van der Waals surface area contributed by atoms with Crippen LogP contribution < -0.4 is 5.43 Å². The number of aryl methyl sites for hydroxylation is 2. The molecule has 0 aliphatic carbocycles. The lowest BCUT2D eigenvalue weighted by Gasteiger charge is -2.08. The zero-order valence-electron chi connectivity index (χ0n) is 10.8. The maximum Gasteiger partial charge on any atom is 0.360 e. The van der Waals surface area contributed by atoms with Crippen molar-refractivity contribution in [3.63, 3.8) is 0 Å². The molecule has 1 aromatic heterocycles. The van der Waals surface area contributed by atoms with E-state index in [1.54, 1.807) is 6.92 Å². The van der Waals surface area contributed by atoms with Crippen molar-refractivity contribution in [3.05, 3.63) is 57.5 Å². The van der Waals surface area contributed by atoms with Crippen molar-refractivity contribution in [2.45, 2.75) is 20.3 Å². The Morgan fingerprint density at radius 3 is 2.47 bits per heavy atom. The van der Waals surface area contributed by atoms with Crippen LogP contribution in [0.15, 0.2) is 35.3 Å². The van der Waals surface area contributed by atoms with Gasteiger partial charge in [-0.05, 0) is 31.0 Å². The Kier molecular flexibility index (Phi) is 3.46. The summed E-state index contributed by atoms with van der Waals surface area (Å²) < 4.78 is 1.42. The zero-order chi connectivity index (χ0) is 14.0. The molecule has 1 N–H and O–H groups in total. The van der Waals surface area contributed by atoms with Gasteiger partial charge in [0.05, 0.1) is 5.69 Å². The number of carboxylic acid groups (broad SMARTS) is 1. The van der Waals surface area contributed by atoms with Crippen LogP contribution >= 0.6 is 0 Å². The van der Waals surface area contributed by atoms with E-state index >= 15 is 0 Å². The Morgan fingerprint density at radius 1 is 1.32 bits per heavy atom. The third-order valence-electron chi connectivity index (χ3n) is 2.91. The summed E-state index contributed by atoms with van der Waals surface area (Å²) in [7, 11) is 0. The summed E-state index contributed by atoms with van der Waals surface area (Å²) >= 11 is 0. The van der Waals surface area contributed by atoms with Crippen LogP contribution in [0, 0.1) is 6.92 Å². The van der Waals surface area contributed by atoms with E-state index in [1.807, 2.05) is 24.3 Å². The first kappa shape index (κ1) is 13.0. The molecule has 1 heterocycles. The number of hydrogen-bond donors (Lipinski definition) is 1. The summed E-state index contributed by atoms with van der Waals surface area (Å²) in [6.07, 6.45) is 2.47. The lowest BCUT2D eigenvalue weighted by Crippen LogP contribution is -2.23. The second-order valence-electron chi connectivity index (χ2n) is 4.26. The molecule has 0 aliphatic rings. The molecule has 1 aromatic carbocycles. The van der Waals surface area contributed by atoms with E-state index in [2.05, 4.69) is 12.0 Å². The van der Waals surface area contributed by atoms with Gasteiger partial charge in [-0.15, -0.1) is 0 Å². The van der Waals surface area contributed by atoms with Gasteiger partial charge in [0.15, 0.2) is 0 Å². The van der Waals surface area contributed by atoms with E-state index in [0.717, 1.165) is 12.1 Å². The number of carbonyl (C=O) groups is 1. The first-order valence-corrected chi connectivity index (χ1v) is 5.96. The summed E-state index contributed by atoms with van der Waals surface area (Å²) in [5.74, 6) is -1.31. The fourth-order valence-electron chi connectivity index (χ4n) is 1.77. The molecule has 0 fully saturated rings. The smallest absolute Gasteiger partial charge is 0.360 e. The van der Waals surface area contributed by atoms with Crippen molar-refractivity contribution in [3.8, 4) is 5.69 Å². The SMILES string of the molecule is CCc1ccc(-n2cc(C)c(=O)c(C(=O)O)n2)cc1. The predicted molar refractivity (Wildman–Crippen MR) is 70.9 cm³/mol. The Balaban J connectivity index is 2.56. The molecular weight excluding hydrogens is 244 g/mol. The fourth-order valence-corrected chi connectivity index (χ4v) is 1.77. The summed E-state index contributed by atoms with van der Waals surface area (Å²) in [6.45, 7) is 3.63. The largest absolute Gasteiger partial charge is 0.476 e. The first-order valence-electron chi connectivity index (χ1n) is 5.96. The molecule has 0 saturated heterocycles. The van der Waals surface area contributed by atoms with Crippen LogP contribution in [0.4, 0.5) is 0 Å². The van der Waals surface area contributed by atoms with Crippen molar-refractivity contribution in [2.75, 3.05) is 0 Å². The van der Waals surface area contributed by atoms with Crippen molar-refractivity contribution in [1.82, 2.24) is 9.78 Å². The predicted octanol–water partition coefficient (Wildman–Crippen LogP) is 1.80. The zero-order valence-corrected chi connectivity index (χ0v) is 10.8. The van der Waals surface area contributed by atoms with Gasteiger partial charge in [0, 0.05) is 11.8 Å². The Morgan fingerprint density at radius 2 is 1.95 bits per heavy atom. The standard InChI is InChI=1S/C14H14N2O3/c1-3-10-4-6-11(7-5-10)16-8-9(2)13(17)12(15-16)14(18)19/h4-8H,3H2,1-2H3,(H,18,19). The molecule has 0 unspecified atom stereocenters. The molecule has 98 valence electrons. The van der Waals surface area contributed by atoms with Gasteiger partial charge in [-0.2, -0.15) is 5.10 Å². The monoisotopic (exact) mass is 258 g/mol. The Labute approximate surface area is 110 Å². The first-order chi connectivity index (χ1) is 9.02. The highest BCUT2D eigenvalue weighted by atomic mass is 16.4. The summed E-state index contributed by atoms with van der Waals surface area (Å²) in [4.78, 5) is 22.6. The molecule has 0 radical (unpaired) electrons. The Hall–Kier alpha value is -2.43. The average Bonchev–Trinajstić information content (AvgIpc) is 2.41. The number of benzene rings is 1. The summed E-state index contributed by atoms with van der Waals surface area (Å²) in [5, 5.41) is 12.8.